The topological polar surface area (TPSA) is 102 Å². The maximum atomic E-state index is 12.6. The van der Waals surface area contributed by atoms with Gasteiger partial charge in [0.15, 0.2) is 0 Å². The first-order chi connectivity index (χ1) is 9.83. The number of hydrogen-bond acceptors (Lipinski definition) is 4. The van der Waals surface area contributed by atoms with E-state index in [0.717, 1.165) is 0 Å². The Kier molecular flexibility index (Phi) is 5.10. The minimum Gasteiger partial charge on any atom is -0.444 e. The molecule has 1 aliphatic heterocycles. The second-order valence-corrected chi connectivity index (χ2v) is 7.68. The zero-order valence-electron chi connectivity index (χ0n) is 14.2. The first-order valence-electron chi connectivity index (χ1n) is 7.42. The second-order valence-electron chi connectivity index (χ2n) is 7.68. The minimum atomic E-state index is -0.788. The molecule has 0 aliphatic carbocycles. The number of primary amides is 1. The molecule has 1 saturated heterocycles. The molecule has 0 aromatic heterocycles. The number of hydrogen-bond donors (Lipinski definition) is 2. The van der Waals surface area contributed by atoms with Gasteiger partial charge in [0.25, 0.3) is 0 Å². The third-order valence-corrected chi connectivity index (χ3v) is 3.41. The molecule has 0 unspecified atom stereocenters. The lowest BCUT2D eigenvalue weighted by atomic mass is 9.84. The third-order valence-electron chi connectivity index (χ3n) is 3.41. The van der Waals surface area contributed by atoms with Crippen LogP contribution < -0.4 is 11.1 Å². The van der Waals surface area contributed by atoms with Crippen LogP contribution in [0.1, 0.15) is 48.0 Å². The van der Waals surface area contributed by atoms with Gasteiger partial charge >= 0.3 is 6.09 Å². The van der Waals surface area contributed by atoms with Crippen LogP contribution in [0.25, 0.3) is 0 Å². The number of carbonyl (C=O) groups excluding carboxylic acids is 3. The molecule has 1 fully saturated rings. The number of nitrogens with two attached hydrogens (primary N) is 1. The quantitative estimate of drug-likeness (QED) is 0.812. The molecule has 0 aromatic rings. The molecule has 1 rings (SSSR count). The summed E-state index contributed by atoms with van der Waals surface area (Å²) in [5.74, 6) is -0.835. The standard InChI is InChI=1S/C15H27N3O4/c1-14(2,3)10(17-13(21)22-15(4,5)6)12(20)18-8-7-9(18)11(16)19/h9-10H,7-8H2,1-6H3,(H2,16,19)(H,17,21)/t9-,10+/m0/s1. The van der Waals surface area contributed by atoms with Crippen molar-refractivity contribution in [3.63, 3.8) is 0 Å². The summed E-state index contributed by atoms with van der Waals surface area (Å²) in [5, 5.41) is 2.62. The molecular formula is C15H27N3O4. The van der Waals surface area contributed by atoms with E-state index < -0.39 is 35.1 Å². The van der Waals surface area contributed by atoms with Gasteiger partial charge in [-0.05, 0) is 32.6 Å². The van der Waals surface area contributed by atoms with Crippen LogP contribution in [-0.2, 0) is 14.3 Å². The molecule has 7 heteroatoms. The predicted molar refractivity (Wildman–Crippen MR) is 81.9 cm³/mol. The Balaban J connectivity index is 2.84. The Labute approximate surface area is 131 Å². The van der Waals surface area contributed by atoms with Crippen molar-refractivity contribution in [1.82, 2.24) is 10.2 Å². The molecule has 0 radical (unpaired) electrons. The van der Waals surface area contributed by atoms with Crippen molar-refractivity contribution in [2.45, 2.75) is 65.6 Å². The van der Waals surface area contributed by atoms with Gasteiger partial charge in [-0.15, -0.1) is 0 Å². The zero-order valence-corrected chi connectivity index (χ0v) is 14.2. The minimum absolute atomic E-state index is 0.312. The summed E-state index contributed by atoms with van der Waals surface area (Å²) in [6, 6.07) is -1.37. The molecule has 3 N–H and O–H groups in total. The molecule has 7 nitrogen and oxygen atoms in total. The van der Waals surface area contributed by atoms with Crippen molar-refractivity contribution in [1.29, 1.82) is 0 Å². The highest BCUT2D eigenvalue weighted by molar-refractivity contribution is 5.92. The summed E-state index contributed by atoms with van der Waals surface area (Å²) in [4.78, 5) is 37.3. The molecule has 22 heavy (non-hydrogen) atoms. The average molecular weight is 313 g/mol. The van der Waals surface area contributed by atoms with E-state index in [2.05, 4.69) is 5.32 Å². The maximum Gasteiger partial charge on any atom is 0.408 e. The Hall–Kier alpha value is -1.79. The van der Waals surface area contributed by atoms with Crippen LogP contribution in [0.3, 0.4) is 0 Å². The van der Waals surface area contributed by atoms with E-state index in [0.29, 0.717) is 13.0 Å². The van der Waals surface area contributed by atoms with E-state index in [-0.39, 0.29) is 5.91 Å². The van der Waals surface area contributed by atoms with E-state index in [4.69, 9.17) is 10.5 Å². The van der Waals surface area contributed by atoms with E-state index >= 15 is 0 Å². The Bertz CT molecular complexity index is 462. The molecular weight excluding hydrogens is 286 g/mol. The van der Waals surface area contributed by atoms with Gasteiger partial charge in [0.2, 0.25) is 11.8 Å². The van der Waals surface area contributed by atoms with Crippen molar-refractivity contribution in [3.05, 3.63) is 0 Å². The first-order valence-corrected chi connectivity index (χ1v) is 7.42. The SMILES string of the molecule is CC(C)(C)OC(=O)N[C@H](C(=O)N1CC[C@H]1C(N)=O)C(C)(C)C. The predicted octanol–water partition coefficient (Wildman–Crippen LogP) is 1.01. The average Bonchev–Trinajstić information content (AvgIpc) is 2.18. The van der Waals surface area contributed by atoms with E-state index in [1.54, 1.807) is 20.8 Å². The van der Waals surface area contributed by atoms with Gasteiger partial charge in [-0.2, -0.15) is 0 Å². The van der Waals surface area contributed by atoms with Crippen LogP contribution in [0.2, 0.25) is 0 Å². The number of nitrogens with zero attached hydrogens (tertiary/aromatic N) is 1. The fourth-order valence-corrected chi connectivity index (χ4v) is 2.19. The fourth-order valence-electron chi connectivity index (χ4n) is 2.19. The number of amides is 3. The van der Waals surface area contributed by atoms with Crippen LogP contribution in [-0.4, -0.2) is 47.0 Å². The second kappa shape index (κ2) is 6.14. The Morgan fingerprint density at radius 2 is 1.73 bits per heavy atom. The van der Waals surface area contributed by atoms with E-state index in [1.807, 2.05) is 20.8 Å². The number of ether oxygens (including phenoxy) is 1. The maximum absolute atomic E-state index is 12.6. The highest BCUT2D eigenvalue weighted by atomic mass is 16.6. The highest BCUT2D eigenvalue weighted by Gasteiger charge is 2.43. The number of alkyl carbamates (subject to hydrolysis) is 1. The van der Waals surface area contributed by atoms with Gasteiger partial charge in [0.05, 0.1) is 0 Å². The molecule has 1 heterocycles. The third kappa shape index (κ3) is 4.61. The van der Waals surface area contributed by atoms with Gasteiger partial charge in [-0.25, -0.2) is 4.79 Å². The largest absolute Gasteiger partial charge is 0.444 e. The molecule has 0 spiro atoms. The summed E-state index contributed by atoms with van der Waals surface area (Å²) in [7, 11) is 0. The van der Waals surface area contributed by atoms with Crippen LogP contribution in [0, 0.1) is 5.41 Å². The van der Waals surface area contributed by atoms with Crippen LogP contribution in [0.4, 0.5) is 4.79 Å². The molecule has 126 valence electrons. The summed E-state index contributed by atoms with van der Waals surface area (Å²) in [5.41, 5.74) is 4.10. The summed E-state index contributed by atoms with van der Waals surface area (Å²) < 4.78 is 5.21. The number of nitrogens with one attached hydrogen (secondary N) is 1. The fraction of sp³-hybridized carbons (Fsp3) is 0.800. The van der Waals surface area contributed by atoms with Gasteiger partial charge in [0.1, 0.15) is 17.7 Å². The van der Waals surface area contributed by atoms with Crippen LogP contribution in [0.15, 0.2) is 0 Å². The van der Waals surface area contributed by atoms with Gasteiger partial charge in [-0.3, -0.25) is 9.59 Å². The lowest BCUT2D eigenvalue weighted by molar-refractivity contribution is -0.149. The molecule has 0 bridgehead atoms. The summed E-state index contributed by atoms with van der Waals surface area (Å²) in [6.45, 7) is 11.2. The Morgan fingerprint density at radius 3 is 2.05 bits per heavy atom. The number of carbonyl (C=O) groups is 3. The zero-order chi connectivity index (χ0) is 17.3. The molecule has 1 aliphatic rings. The number of likely N-dealkylation sites (tertiary alicyclic amines) is 1. The van der Waals surface area contributed by atoms with Gasteiger partial charge < -0.3 is 20.7 Å². The van der Waals surface area contributed by atoms with Gasteiger partial charge in [0, 0.05) is 6.54 Å². The Morgan fingerprint density at radius 1 is 1.18 bits per heavy atom. The molecule has 2 atom stereocenters. The monoisotopic (exact) mass is 313 g/mol. The normalized spacial score (nSPS) is 19.9. The smallest absolute Gasteiger partial charge is 0.408 e. The molecule has 0 saturated carbocycles. The van der Waals surface area contributed by atoms with Crippen molar-refractivity contribution in [2.24, 2.45) is 11.1 Å². The van der Waals surface area contributed by atoms with Crippen molar-refractivity contribution < 1.29 is 19.1 Å². The molecule has 0 aromatic carbocycles. The highest BCUT2D eigenvalue weighted by Crippen LogP contribution is 2.26. The summed E-state index contributed by atoms with van der Waals surface area (Å²) in [6.07, 6.45) is -0.0957. The van der Waals surface area contributed by atoms with Crippen LogP contribution in [0.5, 0.6) is 0 Å². The number of rotatable bonds is 3. The summed E-state index contributed by atoms with van der Waals surface area (Å²) >= 11 is 0. The van der Waals surface area contributed by atoms with E-state index in [1.165, 1.54) is 4.90 Å². The molecule has 3 amide bonds. The lowest BCUT2D eigenvalue weighted by Gasteiger charge is -2.43. The van der Waals surface area contributed by atoms with Crippen molar-refractivity contribution in [3.8, 4) is 0 Å². The lowest BCUT2D eigenvalue weighted by Crippen LogP contribution is -2.64. The van der Waals surface area contributed by atoms with Crippen molar-refractivity contribution >= 4 is 17.9 Å². The van der Waals surface area contributed by atoms with Crippen molar-refractivity contribution in [2.75, 3.05) is 6.54 Å². The first kappa shape index (κ1) is 18.3. The van der Waals surface area contributed by atoms with E-state index in [9.17, 15) is 14.4 Å². The van der Waals surface area contributed by atoms with Crippen LogP contribution >= 0.6 is 0 Å². The van der Waals surface area contributed by atoms with Gasteiger partial charge in [-0.1, -0.05) is 20.8 Å².